The molecule has 0 aliphatic heterocycles. The Bertz CT molecular complexity index is 409. The number of carbonyl (C=O) groups is 1. The van der Waals surface area contributed by atoms with Crippen molar-refractivity contribution in [2.75, 3.05) is 6.54 Å². The molecule has 1 aliphatic rings. The Hall–Kier alpha value is -0.810. The summed E-state index contributed by atoms with van der Waals surface area (Å²) in [7, 11) is 0. The highest BCUT2D eigenvalue weighted by Crippen LogP contribution is 2.26. The Morgan fingerprint density at radius 1 is 1.39 bits per heavy atom. The van der Waals surface area contributed by atoms with Crippen LogP contribution in [0.2, 0.25) is 0 Å². The molecule has 0 radical (unpaired) electrons. The smallest absolute Gasteiger partial charge is 0.267 e. The van der Waals surface area contributed by atoms with Crippen LogP contribution in [-0.4, -0.2) is 28.1 Å². The number of aromatic amines is 1. The van der Waals surface area contributed by atoms with E-state index in [4.69, 9.17) is 0 Å². The highest BCUT2D eigenvalue weighted by molar-refractivity contribution is 9.10. The van der Waals surface area contributed by atoms with Gasteiger partial charge in [-0.05, 0) is 34.8 Å². The molecule has 1 amide bonds. The minimum absolute atomic E-state index is 0.168. The fourth-order valence-corrected chi connectivity index (χ4v) is 2.75. The maximum Gasteiger partial charge on any atom is 0.267 e. The average molecular weight is 315 g/mol. The highest BCUT2D eigenvalue weighted by atomic mass is 79.9. The van der Waals surface area contributed by atoms with Crippen molar-refractivity contribution < 1.29 is 9.90 Å². The second kappa shape index (κ2) is 5.89. The second-order valence-corrected chi connectivity index (χ2v) is 5.97. The molecule has 4 nitrogen and oxygen atoms in total. The Morgan fingerprint density at radius 2 is 2.06 bits per heavy atom. The third-order valence-electron chi connectivity index (χ3n) is 3.50. The van der Waals surface area contributed by atoms with Gasteiger partial charge in [-0.1, -0.05) is 25.7 Å². The van der Waals surface area contributed by atoms with E-state index >= 15 is 0 Å². The molecule has 18 heavy (non-hydrogen) atoms. The van der Waals surface area contributed by atoms with Crippen molar-refractivity contribution in [3.05, 3.63) is 22.4 Å². The van der Waals surface area contributed by atoms with Crippen LogP contribution in [0.4, 0.5) is 0 Å². The Labute approximate surface area is 115 Å². The van der Waals surface area contributed by atoms with Crippen molar-refractivity contribution in [3.8, 4) is 0 Å². The molecule has 1 aromatic rings. The number of aromatic nitrogens is 1. The monoisotopic (exact) mass is 314 g/mol. The molecule has 1 saturated carbocycles. The van der Waals surface area contributed by atoms with E-state index in [2.05, 4.69) is 26.2 Å². The van der Waals surface area contributed by atoms with Gasteiger partial charge in [0.1, 0.15) is 5.69 Å². The third-order valence-corrected chi connectivity index (χ3v) is 3.96. The van der Waals surface area contributed by atoms with E-state index in [9.17, 15) is 9.90 Å². The van der Waals surface area contributed by atoms with Crippen molar-refractivity contribution in [2.45, 2.75) is 44.1 Å². The van der Waals surface area contributed by atoms with E-state index in [0.29, 0.717) is 12.2 Å². The Balaban J connectivity index is 1.88. The van der Waals surface area contributed by atoms with Gasteiger partial charge in [-0.15, -0.1) is 0 Å². The predicted octanol–water partition coefficient (Wildman–Crippen LogP) is 2.59. The molecule has 1 aliphatic carbocycles. The number of aliphatic hydroxyl groups is 1. The molecule has 5 heteroatoms. The molecule has 100 valence electrons. The van der Waals surface area contributed by atoms with E-state index in [-0.39, 0.29) is 5.91 Å². The van der Waals surface area contributed by atoms with Crippen LogP contribution in [0, 0.1) is 0 Å². The normalized spacial score (nSPS) is 19.2. The van der Waals surface area contributed by atoms with Gasteiger partial charge in [0.2, 0.25) is 0 Å². The lowest BCUT2D eigenvalue weighted by atomic mass is 9.94. The molecule has 3 N–H and O–H groups in total. The minimum atomic E-state index is -0.726. The van der Waals surface area contributed by atoms with Crippen molar-refractivity contribution >= 4 is 21.8 Å². The maximum atomic E-state index is 11.9. The molecule has 0 atom stereocenters. The summed E-state index contributed by atoms with van der Waals surface area (Å²) in [6.45, 7) is 0.336. The number of carbonyl (C=O) groups excluding carboxylic acids is 1. The molecule has 1 aromatic heterocycles. The van der Waals surface area contributed by atoms with Gasteiger partial charge in [0.15, 0.2) is 0 Å². The number of hydrogen-bond acceptors (Lipinski definition) is 2. The Morgan fingerprint density at radius 3 is 2.61 bits per heavy atom. The van der Waals surface area contributed by atoms with Crippen molar-refractivity contribution in [2.24, 2.45) is 0 Å². The Kier molecular flexibility index (Phi) is 4.45. The van der Waals surface area contributed by atoms with E-state index < -0.39 is 5.60 Å². The summed E-state index contributed by atoms with van der Waals surface area (Å²) in [6.07, 6.45) is 7.72. The molecule has 1 heterocycles. The second-order valence-electron chi connectivity index (χ2n) is 5.05. The van der Waals surface area contributed by atoms with Gasteiger partial charge in [0, 0.05) is 17.2 Å². The first-order chi connectivity index (χ1) is 8.59. The minimum Gasteiger partial charge on any atom is -0.388 e. The van der Waals surface area contributed by atoms with Gasteiger partial charge >= 0.3 is 0 Å². The van der Waals surface area contributed by atoms with E-state index in [0.717, 1.165) is 30.2 Å². The summed E-state index contributed by atoms with van der Waals surface area (Å²) in [4.78, 5) is 14.7. The van der Waals surface area contributed by atoms with Crippen molar-refractivity contribution in [1.29, 1.82) is 0 Å². The van der Waals surface area contributed by atoms with Crippen LogP contribution in [0.3, 0.4) is 0 Å². The van der Waals surface area contributed by atoms with E-state index in [1.54, 1.807) is 12.3 Å². The maximum absolute atomic E-state index is 11.9. The standard InChI is InChI=1S/C13H19BrN2O2/c14-10-7-11(15-8-10)12(17)16-9-13(18)5-3-1-2-4-6-13/h7-8,15,18H,1-6,9H2,(H,16,17). The van der Waals surface area contributed by atoms with Gasteiger partial charge in [-0.2, -0.15) is 0 Å². The van der Waals surface area contributed by atoms with Crippen molar-refractivity contribution in [3.63, 3.8) is 0 Å². The first kappa shape index (κ1) is 13.6. The largest absolute Gasteiger partial charge is 0.388 e. The molecule has 2 rings (SSSR count). The highest BCUT2D eigenvalue weighted by Gasteiger charge is 2.28. The molecule has 1 fully saturated rings. The quantitative estimate of drug-likeness (QED) is 0.751. The molecule has 0 unspecified atom stereocenters. The van der Waals surface area contributed by atoms with Crippen LogP contribution in [0.25, 0.3) is 0 Å². The zero-order valence-electron chi connectivity index (χ0n) is 10.3. The van der Waals surface area contributed by atoms with Crippen LogP contribution >= 0.6 is 15.9 Å². The van der Waals surface area contributed by atoms with Gasteiger partial charge < -0.3 is 15.4 Å². The third kappa shape index (κ3) is 3.59. The van der Waals surface area contributed by atoms with Crippen LogP contribution in [-0.2, 0) is 0 Å². The molecular formula is C13H19BrN2O2. The lowest BCUT2D eigenvalue weighted by Gasteiger charge is -2.26. The summed E-state index contributed by atoms with van der Waals surface area (Å²) in [6, 6.07) is 1.73. The van der Waals surface area contributed by atoms with Crippen LogP contribution in [0.1, 0.15) is 49.0 Å². The predicted molar refractivity (Wildman–Crippen MR) is 73.5 cm³/mol. The lowest BCUT2D eigenvalue weighted by molar-refractivity contribution is 0.0246. The van der Waals surface area contributed by atoms with Gasteiger partial charge in [-0.25, -0.2) is 0 Å². The zero-order valence-corrected chi connectivity index (χ0v) is 11.9. The lowest BCUT2D eigenvalue weighted by Crippen LogP contribution is -2.42. The van der Waals surface area contributed by atoms with Crippen LogP contribution in [0.15, 0.2) is 16.7 Å². The van der Waals surface area contributed by atoms with E-state index in [1.165, 1.54) is 12.8 Å². The summed E-state index contributed by atoms with van der Waals surface area (Å²) in [5.74, 6) is -0.168. The average Bonchev–Trinajstić information content (AvgIpc) is 2.66. The molecule has 0 saturated heterocycles. The fourth-order valence-electron chi connectivity index (χ4n) is 2.40. The molecule has 0 spiro atoms. The number of halogens is 1. The summed E-state index contributed by atoms with van der Waals surface area (Å²) >= 11 is 3.29. The first-order valence-corrected chi connectivity index (χ1v) is 7.23. The number of nitrogens with one attached hydrogen (secondary N) is 2. The number of hydrogen-bond donors (Lipinski definition) is 3. The van der Waals surface area contributed by atoms with Crippen LogP contribution < -0.4 is 5.32 Å². The summed E-state index contributed by atoms with van der Waals surface area (Å²) < 4.78 is 0.848. The molecule has 0 bridgehead atoms. The summed E-state index contributed by atoms with van der Waals surface area (Å²) in [5, 5.41) is 13.2. The number of rotatable bonds is 3. The molecule has 0 aromatic carbocycles. The fraction of sp³-hybridized carbons (Fsp3) is 0.615. The first-order valence-electron chi connectivity index (χ1n) is 6.44. The van der Waals surface area contributed by atoms with E-state index in [1.807, 2.05) is 0 Å². The van der Waals surface area contributed by atoms with Gasteiger partial charge in [0.05, 0.1) is 5.60 Å². The molecular weight excluding hydrogens is 296 g/mol. The zero-order chi connectivity index (χ0) is 13.0. The number of H-pyrrole nitrogens is 1. The van der Waals surface area contributed by atoms with Gasteiger partial charge in [0.25, 0.3) is 5.91 Å². The van der Waals surface area contributed by atoms with Crippen molar-refractivity contribution in [1.82, 2.24) is 10.3 Å². The SMILES string of the molecule is O=C(NCC1(O)CCCCCC1)c1cc(Br)c[nH]1. The van der Waals surface area contributed by atoms with Gasteiger partial charge in [-0.3, -0.25) is 4.79 Å². The summed E-state index contributed by atoms with van der Waals surface area (Å²) in [5.41, 5.74) is -0.213. The topological polar surface area (TPSA) is 65.1 Å². The van der Waals surface area contributed by atoms with Crippen LogP contribution in [0.5, 0.6) is 0 Å². The number of amides is 1.